The monoisotopic (exact) mass is 353 g/mol. The van der Waals surface area contributed by atoms with Gasteiger partial charge in [-0.3, -0.25) is 14.3 Å². The van der Waals surface area contributed by atoms with Crippen molar-refractivity contribution >= 4 is 5.95 Å². The average molecular weight is 353 g/mol. The zero-order chi connectivity index (χ0) is 18.1. The van der Waals surface area contributed by atoms with Gasteiger partial charge in [0.15, 0.2) is 0 Å². The second kappa shape index (κ2) is 6.58. The van der Waals surface area contributed by atoms with Crippen molar-refractivity contribution in [3.05, 3.63) is 55.1 Å². The molecule has 25 heavy (non-hydrogen) atoms. The Morgan fingerprint density at radius 2 is 2.24 bits per heavy atom. The molecule has 0 bridgehead atoms. The van der Waals surface area contributed by atoms with E-state index in [4.69, 9.17) is 9.84 Å². The highest BCUT2D eigenvalue weighted by Gasteiger charge is 2.35. The van der Waals surface area contributed by atoms with Crippen molar-refractivity contribution in [3.63, 3.8) is 0 Å². The third-order valence-electron chi connectivity index (χ3n) is 3.93. The standard InChI is InChI=1S/C13H15N5O7/c19-6-9-8(20)3-10(25-9)17-5-7(11(21)15-13(17)22)4-16-2-1-14-12(16)18(23)24/h1-2,5,8-10,19-20H,3-4,6H2,(H,15,21,22)/t8-,9-,10-/m1/s1. The number of H-pyrrole nitrogens is 1. The third-order valence-corrected chi connectivity index (χ3v) is 3.93. The molecule has 1 aliphatic heterocycles. The highest BCUT2D eigenvalue weighted by Crippen LogP contribution is 2.27. The van der Waals surface area contributed by atoms with Crippen LogP contribution in [0.15, 0.2) is 28.2 Å². The molecule has 1 aliphatic rings. The fourth-order valence-corrected chi connectivity index (χ4v) is 2.68. The fourth-order valence-electron chi connectivity index (χ4n) is 2.68. The van der Waals surface area contributed by atoms with E-state index in [-0.39, 0.29) is 18.5 Å². The zero-order valence-corrected chi connectivity index (χ0v) is 12.8. The number of nitro groups is 1. The first kappa shape index (κ1) is 17.0. The van der Waals surface area contributed by atoms with Gasteiger partial charge in [0.2, 0.25) is 0 Å². The molecule has 12 nitrogen and oxygen atoms in total. The summed E-state index contributed by atoms with van der Waals surface area (Å²) in [6, 6.07) is 0. The molecule has 3 N–H and O–H groups in total. The molecule has 0 spiro atoms. The number of aromatic nitrogens is 4. The van der Waals surface area contributed by atoms with Crippen LogP contribution in [0.4, 0.5) is 5.95 Å². The SMILES string of the molecule is O=c1[nH]c(=O)n([C@H]2C[C@@H](O)[C@@H](CO)O2)cc1Cn1ccnc1[N+](=O)[O-]. The molecule has 2 aromatic heterocycles. The Balaban J connectivity index is 1.94. The summed E-state index contributed by atoms with van der Waals surface area (Å²) >= 11 is 0. The number of aliphatic hydroxyl groups excluding tert-OH is 2. The van der Waals surface area contributed by atoms with Crippen molar-refractivity contribution in [2.24, 2.45) is 0 Å². The first-order valence-corrected chi connectivity index (χ1v) is 7.35. The maximum Gasteiger partial charge on any atom is 0.434 e. The van der Waals surface area contributed by atoms with Crippen LogP contribution in [0, 0.1) is 10.1 Å². The van der Waals surface area contributed by atoms with Crippen LogP contribution in [0.1, 0.15) is 18.2 Å². The maximum atomic E-state index is 12.0. The van der Waals surface area contributed by atoms with Crippen LogP contribution in [-0.4, -0.2) is 53.1 Å². The van der Waals surface area contributed by atoms with E-state index in [1.165, 1.54) is 18.6 Å². The predicted molar refractivity (Wildman–Crippen MR) is 80.9 cm³/mol. The van der Waals surface area contributed by atoms with Gasteiger partial charge in [0.05, 0.1) is 18.3 Å². The number of rotatable bonds is 5. The molecular formula is C13H15N5O7. The van der Waals surface area contributed by atoms with Crippen molar-refractivity contribution < 1.29 is 19.9 Å². The summed E-state index contributed by atoms with van der Waals surface area (Å²) in [6.45, 7) is -0.589. The first-order chi connectivity index (χ1) is 11.9. The molecular weight excluding hydrogens is 338 g/mol. The lowest BCUT2D eigenvalue weighted by Crippen LogP contribution is -2.34. The number of ether oxygens (including phenoxy) is 1. The number of nitrogens with one attached hydrogen (secondary N) is 1. The summed E-state index contributed by atoms with van der Waals surface area (Å²) in [4.78, 5) is 39.9. The molecule has 3 heterocycles. The van der Waals surface area contributed by atoms with E-state index in [1.54, 1.807) is 0 Å². The molecule has 1 fully saturated rings. The Labute approximate surface area is 139 Å². The van der Waals surface area contributed by atoms with Gasteiger partial charge < -0.3 is 25.1 Å². The molecule has 2 aromatic rings. The van der Waals surface area contributed by atoms with E-state index in [0.717, 1.165) is 9.13 Å². The van der Waals surface area contributed by atoms with Crippen LogP contribution < -0.4 is 11.2 Å². The van der Waals surface area contributed by atoms with Gasteiger partial charge >= 0.3 is 11.6 Å². The van der Waals surface area contributed by atoms with Gasteiger partial charge in [-0.15, -0.1) is 0 Å². The first-order valence-electron chi connectivity index (χ1n) is 7.35. The molecule has 0 radical (unpaired) electrons. The second-order valence-corrected chi connectivity index (χ2v) is 5.55. The lowest BCUT2D eigenvalue weighted by atomic mass is 10.2. The summed E-state index contributed by atoms with van der Waals surface area (Å²) in [5.41, 5.74) is -1.36. The average Bonchev–Trinajstić information content (AvgIpc) is 3.16. The summed E-state index contributed by atoms with van der Waals surface area (Å²) < 4.78 is 7.63. The predicted octanol–water partition coefficient (Wildman–Crippen LogP) is -1.67. The van der Waals surface area contributed by atoms with Crippen molar-refractivity contribution in [1.29, 1.82) is 0 Å². The van der Waals surface area contributed by atoms with Gasteiger partial charge in [0, 0.05) is 12.6 Å². The smallest absolute Gasteiger partial charge is 0.394 e. The summed E-state index contributed by atoms with van der Waals surface area (Å²) in [5, 5.41) is 29.8. The van der Waals surface area contributed by atoms with E-state index < -0.39 is 47.2 Å². The largest absolute Gasteiger partial charge is 0.434 e. The van der Waals surface area contributed by atoms with Gasteiger partial charge in [-0.25, -0.2) is 9.36 Å². The molecule has 1 saturated heterocycles. The molecule has 3 rings (SSSR count). The Morgan fingerprint density at radius 3 is 2.88 bits per heavy atom. The minimum absolute atomic E-state index is 0.0574. The zero-order valence-electron chi connectivity index (χ0n) is 12.8. The normalized spacial score (nSPS) is 23.0. The van der Waals surface area contributed by atoms with E-state index in [2.05, 4.69) is 9.97 Å². The summed E-state index contributed by atoms with van der Waals surface area (Å²) in [6.07, 6.45) is 1.20. The van der Waals surface area contributed by atoms with Crippen LogP contribution in [0.25, 0.3) is 0 Å². The quantitative estimate of drug-likeness (QED) is 0.424. The summed E-state index contributed by atoms with van der Waals surface area (Å²) in [5.74, 6) is -0.440. The Kier molecular flexibility index (Phi) is 4.48. The van der Waals surface area contributed by atoms with Gasteiger partial charge in [0.25, 0.3) is 5.56 Å². The van der Waals surface area contributed by atoms with Gasteiger partial charge in [-0.1, -0.05) is 4.98 Å². The Hall–Kier alpha value is -2.83. The van der Waals surface area contributed by atoms with Gasteiger partial charge in [-0.2, -0.15) is 0 Å². The number of nitrogens with zero attached hydrogens (tertiary/aromatic N) is 4. The van der Waals surface area contributed by atoms with Gasteiger partial charge in [-0.05, 0) is 4.92 Å². The fraction of sp³-hybridized carbons (Fsp3) is 0.462. The van der Waals surface area contributed by atoms with Crippen molar-refractivity contribution in [2.75, 3.05) is 6.61 Å². The van der Waals surface area contributed by atoms with Crippen molar-refractivity contribution in [1.82, 2.24) is 19.1 Å². The number of imidazole rings is 1. The number of aromatic amines is 1. The molecule has 0 saturated carbocycles. The van der Waals surface area contributed by atoms with Crippen LogP contribution in [-0.2, 0) is 11.3 Å². The topological polar surface area (TPSA) is 166 Å². The molecule has 134 valence electrons. The van der Waals surface area contributed by atoms with Crippen molar-refractivity contribution in [2.45, 2.75) is 31.4 Å². The van der Waals surface area contributed by atoms with Crippen LogP contribution >= 0.6 is 0 Å². The minimum Gasteiger partial charge on any atom is -0.394 e. The van der Waals surface area contributed by atoms with Crippen LogP contribution in [0.3, 0.4) is 0 Å². The Morgan fingerprint density at radius 1 is 1.48 bits per heavy atom. The van der Waals surface area contributed by atoms with Gasteiger partial charge in [0.1, 0.15) is 31.3 Å². The van der Waals surface area contributed by atoms with Crippen molar-refractivity contribution in [3.8, 4) is 0 Å². The number of hydrogen-bond acceptors (Lipinski definition) is 8. The van der Waals surface area contributed by atoms with Crippen LogP contribution in [0.5, 0.6) is 0 Å². The van der Waals surface area contributed by atoms with E-state index >= 15 is 0 Å². The number of hydrogen-bond donors (Lipinski definition) is 3. The maximum absolute atomic E-state index is 12.0. The molecule has 12 heteroatoms. The summed E-state index contributed by atoms with van der Waals surface area (Å²) in [7, 11) is 0. The second-order valence-electron chi connectivity index (χ2n) is 5.55. The molecule has 0 unspecified atom stereocenters. The molecule has 0 aromatic carbocycles. The minimum atomic E-state index is -0.952. The lowest BCUT2D eigenvalue weighted by Gasteiger charge is -2.15. The molecule has 0 aliphatic carbocycles. The Bertz CT molecular complexity index is 901. The van der Waals surface area contributed by atoms with E-state index in [9.17, 15) is 24.8 Å². The third kappa shape index (κ3) is 3.22. The lowest BCUT2D eigenvalue weighted by molar-refractivity contribution is -0.396. The van der Waals surface area contributed by atoms with Crippen LogP contribution in [0.2, 0.25) is 0 Å². The molecule has 3 atom stereocenters. The highest BCUT2D eigenvalue weighted by atomic mass is 16.6. The number of aliphatic hydroxyl groups is 2. The van der Waals surface area contributed by atoms with E-state index in [0.29, 0.717) is 0 Å². The highest BCUT2D eigenvalue weighted by molar-refractivity contribution is 5.13. The van der Waals surface area contributed by atoms with E-state index in [1.807, 2.05) is 0 Å². The molecule has 0 amide bonds.